The van der Waals surface area contributed by atoms with Gasteiger partial charge in [-0.2, -0.15) is 0 Å². The van der Waals surface area contributed by atoms with E-state index in [0.29, 0.717) is 17.6 Å². The van der Waals surface area contributed by atoms with Gasteiger partial charge in [0.25, 0.3) is 10.0 Å². The summed E-state index contributed by atoms with van der Waals surface area (Å²) in [5, 5.41) is 0. The number of benzene rings is 2. The summed E-state index contributed by atoms with van der Waals surface area (Å²) >= 11 is 0. The van der Waals surface area contributed by atoms with Gasteiger partial charge in [-0.3, -0.25) is 9.52 Å². The minimum atomic E-state index is -3.83. The number of sulfonamides is 1. The van der Waals surface area contributed by atoms with Gasteiger partial charge < -0.3 is 14.3 Å². The molecule has 138 valence electrons. The number of hydrogen-bond acceptors (Lipinski definition) is 6. The van der Waals surface area contributed by atoms with Gasteiger partial charge >= 0.3 is 5.97 Å². The van der Waals surface area contributed by atoms with Crippen LogP contribution < -0.4 is 9.46 Å². The number of methoxy groups -OCH3 is 1. The SMILES string of the molecule is CCOC(=O)C(C=O)c1cccc(NS(=O)(=O)c2ccc(OC)cc2)c1. The minimum absolute atomic E-state index is 0.0565. The first-order valence-electron chi connectivity index (χ1n) is 7.80. The van der Waals surface area contributed by atoms with Crippen molar-refractivity contribution >= 4 is 28.0 Å². The zero-order chi connectivity index (χ0) is 19.2. The van der Waals surface area contributed by atoms with E-state index in [4.69, 9.17) is 9.47 Å². The second-order valence-corrected chi connectivity index (χ2v) is 6.95. The molecule has 2 aromatic rings. The molecule has 0 spiro atoms. The third-order valence-corrected chi connectivity index (χ3v) is 4.94. The summed E-state index contributed by atoms with van der Waals surface area (Å²) < 4.78 is 37.2. The second kappa shape index (κ2) is 8.48. The van der Waals surface area contributed by atoms with Gasteiger partial charge in [-0.05, 0) is 48.9 Å². The highest BCUT2D eigenvalue weighted by Gasteiger charge is 2.22. The fourth-order valence-electron chi connectivity index (χ4n) is 2.27. The number of rotatable bonds is 8. The van der Waals surface area contributed by atoms with Gasteiger partial charge in [0.05, 0.1) is 18.6 Å². The van der Waals surface area contributed by atoms with Crippen LogP contribution >= 0.6 is 0 Å². The van der Waals surface area contributed by atoms with E-state index in [1.807, 2.05) is 0 Å². The molecule has 8 heteroatoms. The van der Waals surface area contributed by atoms with Crippen molar-refractivity contribution in [2.75, 3.05) is 18.4 Å². The number of ether oxygens (including phenoxy) is 2. The van der Waals surface area contributed by atoms with Crippen molar-refractivity contribution in [2.24, 2.45) is 0 Å². The van der Waals surface area contributed by atoms with E-state index in [0.717, 1.165) is 0 Å². The van der Waals surface area contributed by atoms with E-state index < -0.39 is 21.9 Å². The molecule has 0 aliphatic carbocycles. The monoisotopic (exact) mass is 377 g/mol. The Hall–Kier alpha value is -2.87. The zero-order valence-corrected chi connectivity index (χ0v) is 15.2. The van der Waals surface area contributed by atoms with E-state index in [2.05, 4.69) is 4.72 Å². The third-order valence-electron chi connectivity index (χ3n) is 3.54. The molecule has 0 amide bonds. The van der Waals surface area contributed by atoms with Crippen LogP contribution in [0.1, 0.15) is 18.4 Å². The number of carbonyl (C=O) groups excluding carboxylic acids is 2. The maximum absolute atomic E-state index is 12.5. The maximum atomic E-state index is 12.5. The molecule has 0 aromatic heterocycles. The largest absolute Gasteiger partial charge is 0.497 e. The first-order chi connectivity index (χ1) is 12.4. The van der Waals surface area contributed by atoms with Crippen molar-refractivity contribution in [3.63, 3.8) is 0 Å². The van der Waals surface area contributed by atoms with Crippen LogP contribution in [0.15, 0.2) is 53.4 Å². The molecule has 0 saturated carbocycles. The number of carbonyl (C=O) groups is 2. The molecule has 7 nitrogen and oxygen atoms in total. The number of nitrogens with one attached hydrogen (secondary N) is 1. The highest BCUT2D eigenvalue weighted by molar-refractivity contribution is 7.92. The highest BCUT2D eigenvalue weighted by atomic mass is 32.2. The minimum Gasteiger partial charge on any atom is -0.497 e. The normalized spacial score (nSPS) is 12.1. The van der Waals surface area contributed by atoms with Crippen molar-refractivity contribution in [2.45, 2.75) is 17.7 Å². The van der Waals surface area contributed by atoms with E-state index in [1.165, 1.54) is 43.5 Å². The molecule has 2 rings (SSSR count). The van der Waals surface area contributed by atoms with Crippen molar-refractivity contribution in [1.82, 2.24) is 0 Å². The molecule has 0 fully saturated rings. The van der Waals surface area contributed by atoms with Crippen LogP contribution in [0.4, 0.5) is 5.69 Å². The zero-order valence-electron chi connectivity index (χ0n) is 14.3. The van der Waals surface area contributed by atoms with Crippen LogP contribution in [0.25, 0.3) is 0 Å². The van der Waals surface area contributed by atoms with Crippen LogP contribution in [0, 0.1) is 0 Å². The molecular formula is C18H19NO6S. The first-order valence-corrected chi connectivity index (χ1v) is 9.28. The average Bonchev–Trinajstić information content (AvgIpc) is 2.62. The van der Waals surface area contributed by atoms with E-state index >= 15 is 0 Å². The lowest BCUT2D eigenvalue weighted by molar-refractivity contribution is -0.146. The molecule has 1 N–H and O–H groups in total. The number of hydrogen-bond donors (Lipinski definition) is 1. The van der Waals surface area contributed by atoms with Crippen LogP contribution in [-0.2, 0) is 24.3 Å². The van der Waals surface area contributed by atoms with E-state index in [-0.39, 0.29) is 17.2 Å². The Morgan fingerprint density at radius 2 is 1.88 bits per heavy atom. The standard InChI is InChI=1S/C18H19NO6S/c1-3-25-18(21)17(12-20)13-5-4-6-14(11-13)19-26(22,23)16-9-7-15(24-2)8-10-16/h4-12,17,19H,3H2,1-2H3. The highest BCUT2D eigenvalue weighted by Crippen LogP contribution is 2.23. The molecule has 0 radical (unpaired) electrons. The van der Waals surface area contributed by atoms with Gasteiger partial charge in [-0.1, -0.05) is 12.1 Å². The van der Waals surface area contributed by atoms with Crippen molar-refractivity contribution < 1.29 is 27.5 Å². The molecule has 0 saturated heterocycles. The summed E-state index contributed by atoms with van der Waals surface area (Å²) in [7, 11) is -2.34. The van der Waals surface area contributed by atoms with Crippen LogP contribution in [-0.4, -0.2) is 34.4 Å². The Balaban J connectivity index is 2.26. The van der Waals surface area contributed by atoms with Crippen molar-refractivity contribution in [3.8, 4) is 5.75 Å². The molecule has 0 aliphatic heterocycles. The topological polar surface area (TPSA) is 98.8 Å². The van der Waals surface area contributed by atoms with Gasteiger partial charge in [-0.15, -0.1) is 0 Å². The van der Waals surface area contributed by atoms with Gasteiger partial charge in [0.1, 0.15) is 18.0 Å². The Kier molecular flexibility index (Phi) is 6.35. The van der Waals surface area contributed by atoms with Gasteiger partial charge in [0.15, 0.2) is 0 Å². The molecule has 1 unspecified atom stereocenters. The summed E-state index contributed by atoms with van der Waals surface area (Å²) in [4.78, 5) is 23.2. The quantitative estimate of drug-likeness (QED) is 0.431. The molecule has 26 heavy (non-hydrogen) atoms. The average molecular weight is 377 g/mol. The summed E-state index contributed by atoms with van der Waals surface area (Å²) in [6.45, 7) is 1.78. The number of anilines is 1. The molecule has 0 heterocycles. The molecule has 2 aromatic carbocycles. The Morgan fingerprint density at radius 1 is 1.19 bits per heavy atom. The van der Waals surface area contributed by atoms with Crippen LogP contribution in [0.3, 0.4) is 0 Å². The lowest BCUT2D eigenvalue weighted by atomic mass is 10.0. The lowest BCUT2D eigenvalue weighted by Gasteiger charge is -2.13. The first kappa shape index (κ1) is 19.5. The number of esters is 1. The maximum Gasteiger partial charge on any atom is 0.320 e. The molecule has 1 atom stereocenters. The summed E-state index contributed by atoms with van der Waals surface area (Å²) in [5.41, 5.74) is 0.572. The smallest absolute Gasteiger partial charge is 0.320 e. The number of aldehydes is 1. The predicted molar refractivity (Wildman–Crippen MR) is 95.7 cm³/mol. The van der Waals surface area contributed by atoms with Gasteiger partial charge in [0, 0.05) is 5.69 Å². The van der Waals surface area contributed by atoms with Gasteiger partial charge in [-0.25, -0.2) is 8.42 Å². The van der Waals surface area contributed by atoms with Crippen LogP contribution in [0.5, 0.6) is 5.75 Å². The van der Waals surface area contributed by atoms with E-state index in [9.17, 15) is 18.0 Å². The fourth-order valence-corrected chi connectivity index (χ4v) is 3.32. The predicted octanol–water partition coefficient (Wildman–Crippen LogP) is 2.34. The Bertz CT molecular complexity index is 877. The summed E-state index contributed by atoms with van der Waals surface area (Å²) in [6.07, 6.45) is 0.467. The lowest BCUT2D eigenvalue weighted by Crippen LogP contribution is -2.18. The van der Waals surface area contributed by atoms with Crippen LogP contribution in [0.2, 0.25) is 0 Å². The fraction of sp³-hybridized carbons (Fsp3) is 0.222. The summed E-state index contributed by atoms with van der Waals surface area (Å²) in [5.74, 6) is -1.26. The van der Waals surface area contributed by atoms with Crippen molar-refractivity contribution in [3.05, 3.63) is 54.1 Å². The molecule has 0 aliphatic rings. The Morgan fingerprint density at radius 3 is 2.46 bits per heavy atom. The third kappa shape index (κ3) is 4.60. The second-order valence-electron chi connectivity index (χ2n) is 5.27. The van der Waals surface area contributed by atoms with Crippen molar-refractivity contribution in [1.29, 1.82) is 0 Å². The summed E-state index contributed by atoms with van der Waals surface area (Å²) in [6, 6.07) is 12.0. The molecular weight excluding hydrogens is 358 g/mol. The Labute approximate surface area is 152 Å². The van der Waals surface area contributed by atoms with E-state index in [1.54, 1.807) is 19.1 Å². The van der Waals surface area contributed by atoms with Gasteiger partial charge in [0.2, 0.25) is 0 Å². The molecule has 0 bridgehead atoms.